The van der Waals surface area contributed by atoms with Gasteiger partial charge in [-0.05, 0) is 0 Å². The minimum atomic E-state index is -0.838. The summed E-state index contributed by atoms with van der Waals surface area (Å²) in [6.45, 7) is 24.3. The minimum Gasteiger partial charge on any atom is -1.00 e. The van der Waals surface area contributed by atoms with Gasteiger partial charge in [-0.2, -0.15) is 0 Å². The summed E-state index contributed by atoms with van der Waals surface area (Å²) < 4.78 is 3.81. The van der Waals surface area contributed by atoms with Crippen molar-refractivity contribution in [1.82, 2.24) is 0 Å². The molecule has 0 N–H and O–H groups in total. The van der Waals surface area contributed by atoms with Gasteiger partial charge in [0.1, 0.15) is 0 Å². The fraction of sp³-hybridized carbons (Fsp3) is 0.528. The molecule has 3 heteroatoms. The number of hydrogen-bond donors (Lipinski definition) is 0. The van der Waals surface area contributed by atoms with Gasteiger partial charge in [-0.25, -0.2) is 0 Å². The summed E-state index contributed by atoms with van der Waals surface area (Å²) in [5.74, 6) is 0. The zero-order valence-corrected chi connectivity index (χ0v) is 29.9. The molecule has 3 aliphatic carbocycles. The Labute approximate surface area is 262 Å². The molecule has 0 atom stereocenters. The number of hydrogen-bond acceptors (Lipinski definition) is 0. The smallest absolute Gasteiger partial charge is 1.00 e. The molecule has 0 aliphatic heterocycles. The molecule has 0 radical (unpaired) electrons. The second-order valence-corrected chi connectivity index (χ2v) is 17.6. The molecule has 2 aromatic rings. The topological polar surface area (TPSA) is 0 Å². The van der Waals surface area contributed by atoms with Crippen molar-refractivity contribution in [2.75, 3.05) is 0 Å². The van der Waals surface area contributed by atoms with Crippen molar-refractivity contribution in [2.45, 2.75) is 125 Å². The Kier molecular flexibility index (Phi) is 9.96. The Morgan fingerprint density at radius 1 is 0.641 bits per heavy atom. The fourth-order valence-electron chi connectivity index (χ4n) is 7.74. The van der Waals surface area contributed by atoms with Crippen molar-refractivity contribution in [3.8, 4) is 11.1 Å². The molecule has 0 bridgehead atoms. The normalized spacial score (nSPS) is 16.3. The first-order valence-electron chi connectivity index (χ1n) is 14.6. The maximum Gasteiger partial charge on any atom is -1.00 e. The van der Waals surface area contributed by atoms with Crippen molar-refractivity contribution >= 4 is 12.1 Å². The van der Waals surface area contributed by atoms with Crippen LogP contribution in [0, 0.1) is 27.7 Å². The standard InChI is InChI=1S/C30H37.C6H10.2ClH.Zr/c1-17-18(2)28(30(8,9)10)19(3)23-15-22-16-24(29(5,6)7)25(21-13-11-12-14-21)20(4)26(22)27(17)23;1-2-4-6-5-3-1;;;/h11-13H,14-15H2,1-10H3;1-5H2;2*1H;/q;;;;+2/p-2. The molecule has 0 spiro atoms. The van der Waals surface area contributed by atoms with Gasteiger partial charge < -0.3 is 24.8 Å². The Morgan fingerprint density at radius 3 is 1.77 bits per heavy atom. The van der Waals surface area contributed by atoms with E-state index in [-0.39, 0.29) is 35.6 Å². The van der Waals surface area contributed by atoms with Crippen LogP contribution in [0.25, 0.3) is 16.7 Å². The maximum atomic E-state index is 2.48. The third-order valence-corrected chi connectivity index (χ3v) is 13.3. The zero-order valence-electron chi connectivity index (χ0n) is 25.9. The Balaban J connectivity index is 0.00000210. The van der Waals surface area contributed by atoms with Crippen molar-refractivity contribution in [2.24, 2.45) is 0 Å². The molecule has 1 fully saturated rings. The molecule has 0 amide bonds. The summed E-state index contributed by atoms with van der Waals surface area (Å²) in [5.41, 5.74) is 19.5. The monoisotopic (exact) mass is 639 g/mol. The molecule has 5 rings (SSSR count). The summed E-state index contributed by atoms with van der Waals surface area (Å²) in [4.78, 5) is 0. The van der Waals surface area contributed by atoms with E-state index in [9.17, 15) is 0 Å². The van der Waals surface area contributed by atoms with E-state index in [0.29, 0.717) is 0 Å². The van der Waals surface area contributed by atoms with Gasteiger partial charge in [0.05, 0.1) is 0 Å². The molecule has 39 heavy (non-hydrogen) atoms. The number of fused-ring (bicyclic) bond motifs is 3. The summed E-state index contributed by atoms with van der Waals surface area (Å²) in [6, 6.07) is 0. The summed E-state index contributed by atoms with van der Waals surface area (Å²) in [6.07, 6.45) is 16.3. The second kappa shape index (κ2) is 11.9. The zero-order chi connectivity index (χ0) is 26.9. The van der Waals surface area contributed by atoms with Crippen LogP contribution in [0.5, 0.6) is 0 Å². The van der Waals surface area contributed by atoms with Gasteiger partial charge in [0.25, 0.3) is 0 Å². The number of halogens is 2. The fourth-order valence-corrected chi connectivity index (χ4v) is 12.5. The molecule has 3 aliphatic rings. The second-order valence-electron chi connectivity index (χ2n) is 14.0. The first-order chi connectivity index (χ1) is 17.3. The van der Waals surface area contributed by atoms with Gasteiger partial charge in [0.15, 0.2) is 0 Å². The molecule has 0 aromatic heterocycles. The first-order valence-corrected chi connectivity index (χ1v) is 17.1. The van der Waals surface area contributed by atoms with Crippen LogP contribution in [0.2, 0.25) is 0 Å². The predicted octanol–water partition coefficient (Wildman–Crippen LogP) is 3.28. The van der Waals surface area contributed by atoms with Crippen molar-refractivity contribution in [3.63, 3.8) is 0 Å². The van der Waals surface area contributed by atoms with Crippen molar-refractivity contribution < 1.29 is 47.6 Å². The molecule has 0 heterocycles. The van der Waals surface area contributed by atoms with Crippen molar-refractivity contribution in [1.29, 1.82) is 0 Å². The Bertz CT molecular complexity index is 1380. The third-order valence-electron chi connectivity index (χ3n) is 9.25. The first kappa shape index (κ1) is 32.8. The number of rotatable bonds is 2. The van der Waals surface area contributed by atoms with Gasteiger partial charge >= 0.3 is 239 Å². The average molecular weight is 642 g/mol. The van der Waals surface area contributed by atoms with E-state index >= 15 is 0 Å². The largest absolute Gasteiger partial charge is 1.00 e. The molecular weight excluding hydrogens is 595 g/mol. The Hall–Kier alpha value is -0.747. The van der Waals surface area contributed by atoms with Crippen LogP contribution < -0.4 is 28.1 Å². The summed E-state index contributed by atoms with van der Waals surface area (Å²) in [5, 5.41) is 0. The van der Waals surface area contributed by atoms with Gasteiger partial charge in [-0.15, -0.1) is 0 Å². The van der Waals surface area contributed by atoms with Gasteiger partial charge in [0, 0.05) is 0 Å². The molecule has 0 saturated heterocycles. The van der Waals surface area contributed by atoms with E-state index in [1.54, 1.807) is 55.6 Å². The minimum absolute atomic E-state index is 0. The predicted molar refractivity (Wildman–Crippen MR) is 160 cm³/mol. The van der Waals surface area contributed by atoms with Gasteiger partial charge in [-0.3, -0.25) is 0 Å². The molecule has 209 valence electrons. The maximum absolute atomic E-state index is 2.48. The summed E-state index contributed by atoms with van der Waals surface area (Å²) >= 11 is -0.838. The van der Waals surface area contributed by atoms with E-state index in [1.807, 2.05) is 6.48 Å². The van der Waals surface area contributed by atoms with E-state index in [1.165, 1.54) is 43.2 Å². The van der Waals surface area contributed by atoms with Crippen LogP contribution in [0.4, 0.5) is 0 Å². The molecular formula is C36H47Cl2Zr. The Morgan fingerprint density at radius 2 is 1.23 bits per heavy atom. The van der Waals surface area contributed by atoms with Crippen LogP contribution in [0.15, 0.2) is 18.2 Å². The quantitative estimate of drug-likeness (QED) is 0.403. The van der Waals surface area contributed by atoms with E-state index in [4.69, 9.17) is 0 Å². The average Bonchev–Trinajstić information content (AvgIpc) is 3.47. The van der Waals surface area contributed by atoms with Crippen LogP contribution in [-0.4, -0.2) is 3.21 Å². The third kappa shape index (κ3) is 5.68. The van der Waals surface area contributed by atoms with Gasteiger partial charge in [-0.1, -0.05) is 0 Å². The van der Waals surface area contributed by atoms with Gasteiger partial charge in [0.2, 0.25) is 0 Å². The summed E-state index contributed by atoms with van der Waals surface area (Å²) in [7, 11) is 0. The van der Waals surface area contributed by atoms with E-state index < -0.39 is 22.8 Å². The molecule has 0 unspecified atom stereocenters. The molecule has 2 aromatic carbocycles. The number of allylic oxidation sites excluding steroid dienone is 4. The van der Waals surface area contributed by atoms with Crippen LogP contribution in [-0.2, 0) is 40.0 Å². The molecule has 0 nitrogen and oxygen atoms in total. The van der Waals surface area contributed by atoms with E-state index in [0.717, 1.165) is 12.8 Å². The van der Waals surface area contributed by atoms with Crippen LogP contribution in [0.3, 0.4) is 0 Å². The van der Waals surface area contributed by atoms with Crippen molar-refractivity contribution in [3.05, 3.63) is 68.3 Å². The van der Waals surface area contributed by atoms with Crippen LogP contribution in [0.1, 0.15) is 130 Å². The number of benzene rings is 2. The molecule has 1 saturated carbocycles. The SMILES string of the molecule is Cc1c(C)c(C(C)(C)C)c(C)c2c1-c1c(C)c(C3=CC=CC3)c(C(C)(C)C)[c]([Zr+2]=[C]3CCCCC3)c1C2.[Cl-].[Cl-]. The van der Waals surface area contributed by atoms with E-state index in [2.05, 4.69) is 87.5 Å². The van der Waals surface area contributed by atoms with Crippen LogP contribution >= 0.6 is 0 Å².